The number of piperidine rings is 1. The molecule has 1 aromatic carbocycles. The van der Waals surface area contributed by atoms with Gasteiger partial charge in [0.15, 0.2) is 0 Å². The van der Waals surface area contributed by atoms with E-state index in [2.05, 4.69) is 31.0 Å². The first-order valence-electron chi connectivity index (χ1n) is 8.11. The average Bonchev–Trinajstić information content (AvgIpc) is 2.57. The highest BCUT2D eigenvalue weighted by Gasteiger charge is 2.52. The number of rotatable bonds is 3. The largest absolute Gasteiger partial charge is 0.497 e. The van der Waals surface area contributed by atoms with Crippen LogP contribution in [0.15, 0.2) is 18.2 Å². The molecule has 4 nitrogen and oxygen atoms in total. The molecule has 1 fully saturated rings. The predicted octanol–water partition coefficient (Wildman–Crippen LogP) is 2.28. The van der Waals surface area contributed by atoms with Gasteiger partial charge in [0.2, 0.25) is 5.91 Å². The Bertz CT molecular complexity index is 621. The molecule has 0 spiro atoms. The molecular weight excluding hydrogens is 312 g/mol. The first kappa shape index (κ1) is 16.6. The molecule has 5 heteroatoms. The molecule has 1 unspecified atom stereocenters. The lowest BCUT2D eigenvalue weighted by Gasteiger charge is -2.57. The minimum atomic E-state index is -0.0736. The number of ether oxygens (including phenoxy) is 1. The number of benzene rings is 1. The van der Waals surface area contributed by atoms with E-state index in [0.29, 0.717) is 6.04 Å². The van der Waals surface area contributed by atoms with E-state index in [0.717, 1.165) is 25.1 Å². The third-order valence-electron chi connectivity index (χ3n) is 5.85. The highest BCUT2D eigenvalue weighted by atomic mass is 35.5. The Kier molecular flexibility index (Phi) is 4.32. The summed E-state index contributed by atoms with van der Waals surface area (Å²) >= 11 is 5.83. The van der Waals surface area contributed by atoms with Gasteiger partial charge in [0.25, 0.3) is 0 Å². The summed E-state index contributed by atoms with van der Waals surface area (Å²) in [7, 11) is 5.75. The summed E-state index contributed by atoms with van der Waals surface area (Å²) in [5, 5.41) is 0. The van der Waals surface area contributed by atoms with Crippen LogP contribution in [0.25, 0.3) is 0 Å². The van der Waals surface area contributed by atoms with Crippen LogP contribution in [0, 0.1) is 0 Å². The summed E-state index contributed by atoms with van der Waals surface area (Å²) in [5.41, 5.74) is 2.61. The zero-order valence-corrected chi connectivity index (χ0v) is 15.1. The number of hydrogen-bond donors (Lipinski definition) is 0. The van der Waals surface area contributed by atoms with Crippen LogP contribution < -0.4 is 4.74 Å². The van der Waals surface area contributed by atoms with Crippen molar-refractivity contribution in [3.63, 3.8) is 0 Å². The fourth-order valence-electron chi connectivity index (χ4n) is 4.50. The zero-order chi connectivity index (χ0) is 16.8. The molecular formula is C18H25ClN2O2. The lowest BCUT2D eigenvalue weighted by atomic mass is 9.61. The maximum Gasteiger partial charge on any atom is 0.237 e. The van der Waals surface area contributed by atoms with E-state index < -0.39 is 0 Å². The van der Waals surface area contributed by atoms with Crippen molar-refractivity contribution in [2.24, 2.45) is 0 Å². The van der Waals surface area contributed by atoms with Crippen molar-refractivity contribution in [3.8, 4) is 5.75 Å². The maximum absolute atomic E-state index is 12.3. The van der Waals surface area contributed by atoms with Gasteiger partial charge in [-0.25, -0.2) is 0 Å². The Morgan fingerprint density at radius 2 is 2.26 bits per heavy atom. The number of likely N-dealkylation sites (tertiary alicyclic amines) is 1. The number of hydrogen-bond acceptors (Lipinski definition) is 3. The molecule has 1 amide bonds. The number of carbonyl (C=O) groups excluding carboxylic acids is 1. The van der Waals surface area contributed by atoms with Gasteiger partial charge < -0.3 is 14.5 Å². The highest BCUT2D eigenvalue weighted by Crippen LogP contribution is 2.47. The number of halogens is 1. The normalized spacial score (nSPS) is 29.8. The van der Waals surface area contributed by atoms with Crippen molar-refractivity contribution in [2.45, 2.75) is 37.3 Å². The monoisotopic (exact) mass is 336 g/mol. The smallest absolute Gasteiger partial charge is 0.237 e. The molecule has 1 saturated heterocycles. The number of amides is 1. The van der Waals surface area contributed by atoms with Crippen molar-refractivity contribution in [3.05, 3.63) is 29.3 Å². The molecule has 3 rings (SSSR count). The number of nitrogens with zero attached hydrogens (tertiary/aromatic N) is 2. The maximum atomic E-state index is 12.3. The second kappa shape index (κ2) is 5.99. The number of methoxy groups -OCH3 is 1. The molecule has 1 aliphatic heterocycles. The summed E-state index contributed by atoms with van der Waals surface area (Å²) in [6.07, 6.45) is 1.97. The van der Waals surface area contributed by atoms with E-state index in [1.165, 1.54) is 11.1 Å². The van der Waals surface area contributed by atoms with Crippen molar-refractivity contribution in [1.82, 2.24) is 9.80 Å². The van der Waals surface area contributed by atoms with Crippen LogP contribution in [0.5, 0.6) is 5.75 Å². The molecule has 126 valence electrons. The van der Waals surface area contributed by atoms with E-state index >= 15 is 0 Å². The second-order valence-electron chi connectivity index (χ2n) is 7.03. The number of carbonyl (C=O) groups is 1. The first-order valence-corrected chi connectivity index (χ1v) is 8.65. The quantitative estimate of drug-likeness (QED) is 0.794. The standard InChI is InChI=1S/C18H25ClN2O2/c1-18-7-8-20(2)15(17(18)21(3)16(22)11-19)9-12-5-6-13(23-4)10-14(12)18/h5-6,10,15,17H,7-9,11H2,1-4H3/t15-,17+,18?/m1/s1. The van der Waals surface area contributed by atoms with Crippen molar-refractivity contribution >= 4 is 17.5 Å². The van der Waals surface area contributed by atoms with Crippen LogP contribution in [0.1, 0.15) is 24.5 Å². The Labute approximate surface area is 143 Å². The van der Waals surface area contributed by atoms with Crippen LogP contribution in [-0.2, 0) is 16.6 Å². The van der Waals surface area contributed by atoms with E-state index in [4.69, 9.17) is 16.3 Å². The second-order valence-corrected chi connectivity index (χ2v) is 7.29. The van der Waals surface area contributed by atoms with E-state index in [-0.39, 0.29) is 23.2 Å². The average molecular weight is 337 g/mol. The van der Waals surface area contributed by atoms with Crippen LogP contribution in [0.3, 0.4) is 0 Å². The molecule has 0 radical (unpaired) electrons. The minimum absolute atomic E-state index is 0.00506. The van der Waals surface area contributed by atoms with Crippen LogP contribution >= 0.6 is 11.6 Å². The third-order valence-corrected chi connectivity index (χ3v) is 6.08. The fraction of sp³-hybridized carbons (Fsp3) is 0.611. The summed E-state index contributed by atoms with van der Waals surface area (Å²) in [6, 6.07) is 6.83. The number of fused-ring (bicyclic) bond motifs is 4. The Morgan fingerprint density at radius 1 is 1.52 bits per heavy atom. The lowest BCUT2D eigenvalue weighted by molar-refractivity contribution is -0.134. The molecule has 0 aromatic heterocycles. The number of likely N-dealkylation sites (N-methyl/N-ethyl adjacent to an activating group) is 2. The van der Waals surface area contributed by atoms with Gasteiger partial charge >= 0.3 is 0 Å². The topological polar surface area (TPSA) is 32.8 Å². The molecule has 1 aromatic rings. The zero-order valence-electron chi connectivity index (χ0n) is 14.3. The van der Waals surface area contributed by atoms with Crippen LogP contribution in [0.2, 0.25) is 0 Å². The minimum Gasteiger partial charge on any atom is -0.497 e. The Hall–Kier alpha value is -1.26. The molecule has 0 N–H and O–H groups in total. The summed E-state index contributed by atoms with van der Waals surface area (Å²) in [6.45, 7) is 3.32. The van der Waals surface area contributed by atoms with Gasteiger partial charge in [-0.3, -0.25) is 4.79 Å². The number of alkyl halides is 1. The van der Waals surface area contributed by atoms with Crippen LogP contribution in [-0.4, -0.2) is 61.4 Å². The highest BCUT2D eigenvalue weighted by molar-refractivity contribution is 6.27. The van der Waals surface area contributed by atoms with Gasteiger partial charge in [-0.1, -0.05) is 13.0 Å². The summed E-state index contributed by atoms with van der Waals surface area (Å²) in [4.78, 5) is 16.5. The van der Waals surface area contributed by atoms with Crippen molar-refractivity contribution in [2.75, 3.05) is 33.6 Å². The molecule has 1 heterocycles. The molecule has 2 aliphatic rings. The summed E-state index contributed by atoms with van der Waals surface area (Å²) < 4.78 is 5.44. The van der Waals surface area contributed by atoms with Crippen LogP contribution in [0.4, 0.5) is 0 Å². The Balaban J connectivity index is 2.11. The lowest BCUT2D eigenvalue weighted by Crippen LogP contribution is -2.67. The van der Waals surface area contributed by atoms with E-state index in [9.17, 15) is 4.79 Å². The van der Waals surface area contributed by atoms with Crippen molar-refractivity contribution in [1.29, 1.82) is 0 Å². The van der Waals surface area contributed by atoms with Gasteiger partial charge in [-0.05, 0) is 49.7 Å². The van der Waals surface area contributed by atoms with E-state index in [1.54, 1.807) is 7.11 Å². The molecule has 1 aliphatic carbocycles. The molecule has 23 heavy (non-hydrogen) atoms. The van der Waals surface area contributed by atoms with E-state index in [1.807, 2.05) is 18.0 Å². The SMILES string of the molecule is COc1ccc2c(c1)C1(C)CCN(C)[C@H](C2)[C@@H]1N(C)C(=O)CCl. The molecule has 0 saturated carbocycles. The molecule has 2 bridgehead atoms. The first-order chi connectivity index (χ1) is 10.9. The van der Waals surface area contributed by atoms with Gasteiger partial charge in [0.1, 0.15) is 11.6 Å². The predicted molar refractivity (Wildman–Crippen MR) is 92.4 cm³/mol. The summed E-state index contributed by atoms with van der Waals surface area (Å²) in [5.74, 6) is 0.909. The van der Waals surface area contributed by atoms with Gasteiger partial charge in [-0.15, -0.1) is 11.6 Å². The van der Waals surface area contributed by atoms with Gasteiger partial charge in [0.05, 0.1) is 13.2 Å². The Morgan fingerprint density at radius 3 is 2.91 bits per heavy atom. The fourth-order valence-corrected chi connectivity index (χ4v) is 4.69. The third kappa shape index (κ3) is 2.52. The molecule has 3 atom stereocenters. The van der Waals surface area contributed by atoms with Crippen molar-refractivity contribution < 1.29 is 9.53 Å². The van der Waals surface area contributed by atoms with Gasteiger partial charge in [0, 0.05) is 18.5 Å². The van der Waals surface area contributed by atoms with Gasteiger partial charge in [-0.2, -0.15) is 0 Å².